The molecule has 0 radical (unpaired) electrons. The van der Waals surface area contributed by atoms with E-state index in [1.165, 1.54) is 19.9 Å². The Labute approximate surface area is 217 Å². The van der Waals surface area contributed by atoms with Crippen molar-refractivity contribution in [3.05, 3.63) is 23.8 Å². The van der Waals surface area contributed by atoms with Crippen LogP contribution in [0, 0.1) is 22.7 Å². The fraction of sp³-hybridized carbons (Fsp3) is 0.720. The molecule has 0 aromatic heterocycles. The molecule has 4 aliphatic carbocycles. The van der Waals surface area contributed by atoms with Gasteiger partial charge in [-0.1, -0.05) is 13.0 Å². The van der Waals surface area contributed by atoms with Crippen LogP contribution in [-0.2, 0) is 24.0 Å². The largest absolute Gasteiger partial charge is 0.447 e. The lowest BCUT2D eigenvalue weighted by molar-refractivity contribution is -0.492. The molecule has 212 valence electrons. The van der Waals surface area contributed by atoms with E-state index in [1.54, 1.807) is 0 Å². The van der Waals surface area contributed by atoms with E-state index in [0.29, 0.717) is 0 Å². The maximum atomic E-state index is 17.2. The normalized spacial score (nSPS) is 43.8. The maximum Gasteiger partial charge on any atom is 0.306 e. The molecule has 0 bridgehead atoms. The Morgan fingerprint density at radius 3 is 2.47 bits per heavy atom. The Kier molecular flexibility index (Phi) is 7.45. The Balaban J connectivity index is 1.72. The van der Waals surface area contributed by atoms with E-state index in [-0.39, 0.29) is 31.4 Å². The lowest BCUT2D eigenvalue weighted by Crippen LogP contribution is -2.71. The summed E-state index contributed by atoms with van der Waals surface area (Å²) >= 11 is 0. The van der Waals surface area contributed by atoms with Gasteiger partial charge in [0.1, 0.15) is 18.9 Å². The van der Waals surface area contributed by atoms with Gasteiger partial charge < -0.3 is 20.1 Å². The highest BCUT2D eigenvalue weighted by atomic mass is 19.1. The van der Waals surface area contributed by atoms with Crippen LogP contribution in [-0.4, -0.2) is 91.5 Å². The van der Waals surface area contributed by atoms with E-state index in [1.807, 2.05) is 0 Å². The fourth-order valence-electron chi connectivity index (χ4n) is 7.66. The molecule has 0 amide bonds. The standard InChI is InChI=1S/C25H33F2NO10/c1-22-6-5-13(30)8-16(22)17(26)9-15-14-10-18(31)25(20(33)12-29,23(14,2)11-19(32)24(15,22)27)38-21(34)4-3-7-37-28(35)36/h5-6,8,14-15,17-19,29,31-32,35-36H,3-4,7,9-12H2,1-2H3/t14?,15?,17-,18+,19-,22-,23-,24-,25-/m0/s1. The first-order chi connectivity index (χ1) is 17.7. The minimum absolute atomic E-state index is 0.0724. The van der Waals surface area contributed by atoms with Gasteiger partial charge in [-0.15, -0.1) is 0 Å². The number of aliphatic hydroxyl groups is 3. The number of ketones is 2. The molecule has 0 aromatic carbocycles. The van der Waals surface area contributed by atoms with Gasteiger partial charge in [0.2, 0.25) is 11.4 Å². The van der Waals surface area contributed by atoms with E-state index in [2.05, 4.69) is 4.84 Å². The third-order valence-corrected chi connectivity index (χ3v) is 9.38. The number of carbonyl (C=O) groups is 3. The molecule has 0 saturated heterocycles. The zero-order valence-corrected chi connectivity index (χ0v) is 21.0. The van der Waals surface area contributed by atoms with E-state index in [0.717, 1.165) is 12.2 Å². The van der Waals surface area contributed by atoms with Crippen LogP contribution in [0.15, 0.2) is 23.8 Å². The van der Waals surface area contributed by atoms with Gasteiger partial charge in [-0.2, -0.15) is 0 Å². The quantitative estimate of drug-likeness (QED) is 0.167. The number of aliphatic hydroxyl groups excluding tert-OH is 3. The predicted molar refractivity (Wildman–Crippen MR) is 122 cm³/mol. The number of esters is 1. The summed E-state index contributed by atoms with van der Waals surface area (Å²) in [6, 6.07) is 0. The van der Waals surface area contributed by atoms with Crippen LogP contribution >= 0.6 is 0 Å². The smallest absolute Gasteiger partial charge is 0.306 e. The minimum atomic E-state index is -2.47. The van der Waals surface area contributed by atoms with Crippen molar-refractivity contribution < 1.29 is 58.5 Å². The molecule has 4 rings (SSSR count). The first-order valence-corrected chi connectivity index (χ1v) is 12.5. The van der Waals surface area contributed by atoms with Crippen LogP contribution in [0.25, 0.3) is 0 Å². The zero-order chi connectivity index (χ0) is 28.3. The molecule has 3 fully saturated rings. The number of fused-ring (bicyclic) bond motifs is 5. The number of ether oxygens (including phenoxy) is 1. The van der Waals surface area contributed by atoms with Crippen LogP contribution in [0.5, 0.6) is 0 Å². The molecule has 9 atom stereocenters. The van der Waals surface area contributed by atoms with E-state index >= 15 is 8.78 Å². The van der Waals surface area contributed by atoms with Crippen LogP contribution in [0.2, 0.25) is 0 Å². The molecule has 11 nitrogen and oxygen atoms in total. The van der Waals surface area contributed by atoms with Crippen molar-refractivity contribution in [2.75, 3.05) is 13.2 Å². The summed E-state index contributed by atoms with van der Waals surface area (Å²) in [5.41, 5.74) is -8.17. The summed E-state index contributed by atoms with van der Waals surface area (Å²) in [5, 5.41) is 49.0. The highest BCUT2D eigenvalue weighted by Crippen LogP contribution is 2.70. The van der Waals surface area contributed by atoms with Crippen LogP contribution in [0.3, 0.4) is 0 Å². The lowest BCUT2D eigenvalue weighted by atomic mass is 9.44. The zero-order valence-electron chi connectivity index (χ0n) is 21.0. The number of carbonyl (C=O) groups excluding carboxylic acids is 3. The second-order valence-electron chi connectivity index (χ2n) is 11.1. The van der Waals surface area contributed by atoms with Crippen molar-refractivity contribution in [2.45, 2.75) is 75.6 Å². The SMILES string of the molecule is C[C@]12C=CC(=O)C=C1[C@@H](F)CC1C3C[C@@H](O)[C@](OC(=O)CCCON(O)O)(C(=O)CO)[C@@]3(C)C[C@H](O)[C@@]12F. The number of halogens is 2. The molecule has 0 aromatic rings. The summed E-state index contributed by atoms with van der Waals surface area (Å²) in [6.07, 6.45) is -3.42. The molecule has 38 heavy (non-hydrogen) atoms. The van der Waals surface area contributed by atoms with E-state index in [4.69, 9.17) is 15.2 Å². The van der Waals surface area contributed by atoms with Crippen molar-refractivity contribution in [3.8, 4) is 0 Å². The third-order valence-electron chi connectivity index (χ3n) is 9.38. The Hall–Kier alpha value is -2.13. The number of hydrogen-bond donors (Lipinski definition) is 5. The first kappa shape index (κ1) is 28.9. The Bertz CT molecular complexity index is 1070. The summed E-state index contributed by atoms with van der Waals surface area (Å²) < 4.78 is 38.4. The van der Waals surface area contributed by atoms with Gasteiger partial charge in [0.25, 0.3) is 0 Å². The number of allylic oxidation sites excluding steroid dienone is 4. The van der Waals surface area contributed by atoms with Gasteiger partial charge in [-0.3, -0.25) is 29.6 Å². The number of alkyl halides is 2. The molecule has 2 unspecified atom stereocenters. The highest BCUT2D eigenvalue weighted by Gasteiger charge is 2.78. The summed E-state index contributed by atoms with van der Waals surface area (Å²) in [7, 11) is 0. The molecular weight excluding hydrogens is 512 g/mol. The van der Waals surface area contributed by atoms with Crippen LogP contribution in [0.4, 0.5) is 8.78 Å². The molecule has 0 aliphatic heterocycles. The van der Waals surface area contributed by atoms with Gasteiger partial charge in [-0.25, -0.2) is 8.78 Å². The average molecular weight is 546 g/mol. The molecule has 5 N–H and O–H groups in total. The number of nitrogens with zero attached hydrogens (tertiary/aromatic N) is 1. The fourth-order valence-corrected chi connectivity index (χ4v) is 7.66. The van der Waals surface area contributed by atoms with Crippen molar-refractivity contribution in [2.24, 2.45) is 22.7 Å². The van der Waals surface area contributed by atoms with Gasteiger partial charge in [0.15, 0.2) is 11.5 Å². The second-order valence-corrected chi connectivity index (χ2v) is 11.1. The second kappa shape index (κ2) is 9.81. The van der Waals surface area contributed by atoms with Crippen molar-refractivity contribution in [1.82, 2.24) is 5.39 Å². The van der Waals surface area contributed by atoms with Gasteiger partial charge in [0, 0.05) is 23.2 Å². The van der Waals surface area contributed by atoms with Crippen molar-refractivity contribution in [3.63, 3.8) is 0 Å². The minimum Gasteiger partial charge on any atom is -0.447 e. The molecule has 13 heteroatoms. The molecule has 3 saturated carbocycles. The lowest BCUT2D eigenvalue weighted by Gasteiger charge is -2.63. The highest BCUT2D eigenvalue weighted by molar-refractivity contribution is 6.01. The van der Waals surface area contributed by atoms with E-state index in [9.17, 15) is 29.7 Å². The van der Waals surface area contributed by atoms with Crippen molar-refractivity contribution in [1.29, 1.82) is 0 Å². The molecule has 0 heterocycles. The van der Waals surface area contributed by atoms with Gasteiger partial charge in [0.05, 0.1) is 18.1 Å². The number of hydrogen-bond acceptors (Lipinski definition) is 11. The van der Waals surface area contributed by atoms with Gasteiger partial charge in [-0.05, 0) is 56.3 Å². The Morgan fingerprint density at radius 1 is 1.16 bits per heavy atom. The molecule has 0 spiro atoms. The Morgan fingerprint density at radius 2 is 1.84 bits per heavy atom. The first-order valence-electron chi connectivity index (χ1n) is 12.5. The maximum absolute atomic E-state index is 17.2. The van der Waals surface area contributed by atoms with Crippen LogP contribution in [0.1, 0.15) is 46.0 Å². The van der Waals surface area contributed by atoms with E-state index < -0.39 is 94.7 Å². The van der Waals surface area contributed by atoms with Gasteiger partial charge >= 0.3 is 5.97 Å². The van der Waals surface area contributed by atoms with Crippen LogP contribution < -0.4 is 0 Å². The topological polar surface area (TPSA) is 174 Å². The molecule has 4 aliphatic rings. The number of Topliss-reactive ketones (excluding diaryl/α,β-unsaturated/α-hetero) is 1. The third kappa shape index (κ3) is 3.90. The molecular formula is C25H33F2NO10. The summed E-state index contributed by atoms with van der Waals surface area (Å²) in [4.78, 5) is 42.3. The predicted octanol–water partition coefficient (Wildman–Crippen LogP) is 0.912. The monoisotopic (exact) mass is 545 g/mol. The summed E-state index contributed by atoms with van der Waals surface area (Å²) in [5.74, 6) is -4.70. The van der Waals surface area contributed by atoms with Crippen molar-refractivity contribution >= 4 is 17.5 Å². The number of rotatable bonds is 8. The summed E-state index contributed by atoms with van der Waals surface area (Å²) in [6.45, 7) is 1.44. The average Bonchev–Trinajstić information content (AvgIpc) is 3.06.